The van der Waals surface area contributed by atoms with E-state index in [2.05, 4.69) is 25.8 Å². The molecule has 1 aliphatic rings. The number of ether oxygens (including phenoxy) is 2. The average Bonchev–Trinajstić information content (AvgIpc) is 3.14. The maximum atomic E-state index is 12.6. The van der Waals surface area contributed by atoms with Crippen LogP contribution in [-0.4, -0.2) is 22.0 Å². The molecule has 2 heterocycles. The number of nitrogens with one attached hydrogen (secondary N) is 2. The molecule has 2 aromatic carbocycles. The second-order valence-corrected chi connectivity index (χ2v) is 5.91. The SMILES string of the molecule is FC(F)(F)c1ccc(Nc2nncc(NCc3ccc4c(c3)OCO4)n2)cc1. The Labute approximate surface area is 157 Å². The van der Waals surface area contributed by atoms with Crippen molar-refractivity contribution >= 4 is 17.5 Å². The summed E-state index contributed by atoms with van der Waals surface area (Å²) in [6.07, 6.45) is -2.93. The molecule has 7 nitrogen and oxygen atoms in total. The zero-order chi connectivity index (χ0) is 19.6. The Morgan fingerprint density at radius 2 is 1.79 bits per heavy atom. The summed E-state index contributed by atoms with van der Waals surface area (Å²) < 4.78 is 48.5. The van der Waals surface area contributed by atoms with Gasteiger partial charge in [0.15, 0.2) is 17.3 Å². The first kappa shape index (κ1) is 17.8. The summed E-state index contributed by atoms with van der Waals surface area (Å²) in [7, 11) is 0. The monoisotopic (exact) mass is 389 g/mol. The topological polar surface area (TPSA) is 81.2 Å². The summed E-state index contributed by atoms with van der Waals surface area (Å²) in [5.41, 5.74) is 0.652. The Morgan fingerprint density at radius 3 is 2.57 bits per heavy atom. The molecule has 0 spiro atoms. The van der Waals surface area contributed by atoms with Gasteiger partial charge in [-0.25, -0.2) is 0 Å². The number of alkyl halides is 3. The van der Waals surface area contributed by atoms with E-state index < -0.39 is 11.7 Å². The molecule has 144 valence electrons. The molecule has 4 rings (SSSR count). The van der Waals surface area contributed by atoms with Crippen molar-refractivity contribution in [2.45, 2.75) is 12.7 Å². The molecule has 0 amide bonds. The Bertz CT molecular complexity index is 980. The second-order valence-electron chi connectivity index (χ2n) is 5.91. The number of hydrogen-bond acceptors (Lipinski definition) is 7. The quantitative estimate of drug-likeness (QED) is 0.683. The van der Waals surface area contributed by atoms with E-state index in [0.717, 1.165) is 17.7 Å². The van der Waals surface area contributed by atoms with Crippen LogP contribution in [0.4, 0.5) is 30.6 Å². The van der Waals surface area contributed by atoms with Crippen LogP contribution in [0.1, 0.15) is 11.1 Å². The lowest BCUT2D eigenvalue weighted by atomic mass is 10.2. The molecule has 28 heavy (non-hydrogen) atoms. The van der Waals surface area contributed by atoms with Gasteiger partial charge in [-0.2, -0.15) is 23.3 Å². The van der Waals surface area contributed by atoms with E-state index in [4.69, 9.17) is 9.47 Å². The minimum atomic E-state index is -4.38. The van der Waals surface area contributed by atoms with Crippen LogP contribution in [0.5, 0.6) is 11.5 Å². The van der Waals surface area contributed by atoms with Gasteiger partial charge in [0.25, 0.3) is 0 Å². The summed E-state index contributed by atoms with van der Waals surface area (Å²) in [5.74, 6) is 2.01. The number of benzene rings is 2. The van der Waals surface area contributed by atoms with Crippen molar-refractivity contribution < 1.29 is 22.6 Å². The largest absolute Gasteiger partial charge is 0.454 e. The van der Waals surface area contributed by atoms with Crippen molar-refractivity contribution in [1.82, 2.24) is 15.2 Å². The van der Waals surface area contributed by atoms with Gasteiger partial charge in [0, 0.05) is 12.2 Å². The van der Waals surface area contributed by atoms with Gasteiger partial charge in [0.2, 0.25) is 12.7 Å². The smallest absolute Gasteiger partial charge is 0.416 e. The normalized spacial score (nSPS) is 12.7. The van der Waals surface area contributed by atoms with Crippen LogP contribution >= 0.6 is 0 Å². The van der Waals surface area contributed by atoms with Crippen LogP contribution in [0, 0.1) is 0 Å². The van der Waals surface area contributed by atoms with Crippen molar-refractivity contribution in [3.63, 3.8) is 0 Å². The van der Waals surface area contributed by atoms with Gasteiger partial charge in [0.1, 0.15) is 0 Å². The summed E-state index contributed by atoms with van der Waals surface area (Å²) >= 11 is 0. The molecular formula is C18H14F3N5O2. The van der Waals surface area contributed by atoms with Gasteiger partial charge in [-0.3, -0.25) is 0 Å². The number of hydrogen-bond donors (Lipinski definition) is 2. The molecule has 0 atom stereocenters. The number of rotatable bonds is 5. The predicted octanol–water partition coefficient (Wildman–Crippen LogP) is 3.97. The van der Waals surface area contributed by atoms with Gasteiger partial charge in [-0.05, 0) is 42.0 Å². The Hall–Kier alpha value is -3.56. The fraction of sp³-hybridized carbons (Fsp3) is 0.167. The number of fused-ring (bicyclic) bond motifs is 1. The first-order valence-corrected chi connectivity index (χ1v) is 8.24. The van der Waals surface area contributed by atoms with Gasteiger partial charge < -0.3 is 20.1 Å². The number of halogens is 3. The Kier molecular flexibility index (Phi) is 4.60. The van der Waals surface area contributed by atoms with Crippen LogP contribution in [0.15, 0.2) is 48.7 Å². The van der Waals surface area contributed by atoms with E-state index in [1.165, 1.54) is 18.3 Å². The standard InChI is InChI=1S/C18H14F3N5O2/c19-18(20,21)12-2-4-13(5-3-12)24-17-25-16(9-23-26-17)22-8-11-1-6-14-15(7-11)28-10-27-14/h1-7,9H,8,10H2,(H2,22,24,25,26). The maximum absolute atomic E-state index is 12.6. The summed E-state index contributed by atoms with van der Waals surface area (Å²) in [6, 6.07) is 10.2. The minimum absolute atomic E-state index is 0.162. The van der Waals surface area contributed by atoms with E-state index in [9.17, 15) is 13.2 Å². The van der Waals surface area contributed by atoms with E-state index >= 15 is 0 Å². The minimum Gasteiger partial charge on any atom is -0.454 e. The zero-order valence-electron chi connectivity index (χ0n) is 14.3. The Balaban J connectivity index is 1.40. The molecule has 1 aliphatic heterocycles. The fourth-order valence-electron chi connectivity index (χ4n) is 2.56. The molecule has 0 fully saturated rings. The molecule has 0 bridgehead atoms. The Morgan fingerprint density at radius 1 is 1.00 bits per heavy atom. The first-order valence-electron chi connectivity index (χ1n) is 8.24. The lowest BCUT2D eigenvalue weighted by Crippen LogP contribution is -2.06. The van der Waals surface area contributed by atoms with Gasteiger partial charge in [0.05, 0.1) is 11.8 Å². The lowest BCUT2D eigenvalue weighted by Gasteiger charge is -2.10. The molecule has 0 unspecified atom stereocenters. The van der Waals surface area contributed by atoms with E-state index in [0.29, 0.717) is 29.5 Å². The third kappa shape index (κ3) is 4.05. The fourth-order valence-corrected chi connectivity index (χ4v) is 2.56. The molecule has 2 N–H and O–H groups in total. The number of anilines is 3. The molecule has 1 aromatic heterocycles. The molecule has 10 heteroatoms. The van der Waals surface area contributed by atoms with Crippen LogP contribution in [0.3, 0.4) is 0 Å². The van der Waals surface area contributed by atoms with Crippen molar-refractivity contribution in [2.24, 2.45) is 0 Å². The lowest BCUT2D eigenvalue weighted by molar-refractivity contribution is -0.137. The van der Waals surface area contributed by atoms with Crippen molar-refractivity contribution in [2.75, 3.05) is 17.4 Å². The summed E-state index contributed by atoms with van der Waals surface area (Å²) in [6.45, 7) is 0.677. The highest BCUT2D eigenvalue weighted by Crippen LogP contribution is 2.33. The number of nitrogens with zero attached hydrogens (tertiary/aromatic N) is 3. The van der Waals surface area contributed by atoms with Crippen LogP contribution in [-0.2, 0) is 12.7 Å². The van der Waals surface area contributed by atoms with Crippen molar-refractivity contribution in [1.29, 1.82) is 0 Å². The predicted molar refractivity (Wildman–Crippen MR) is 94.4 cm³/mol. The van der Waals surface area contributed by atoms with Crippen molar-refractivity contribution in [3.05, 3.63) is 59.8 Å². The molecular weight excluding hydrogens is 375 g/mol. The maximum Gasteiger partial charge on any atom is 0.416 e. The average molecular weight is 389 g/mol. The van der Waals surface area contributed by atoms with Crippen LogP contribution in [0.25, 0.3) is 0 Å². The highest BCUT2D eigenvalue weighted by Gasteiger charge is 2.29. The molecule has 0 saturated heterocycles. The van der Waals surface area contributed by atoms with E-state index in [-0.39, 0.29) is 12.7 Å². The van der Waals surface area contributed by atoms with Gasteiger partial charge >= 0.3 is 6.18 Å². The van der Waals surface area contributed by atoms with E-state index in [1.807, 2.05) is 18.2 Å². The van der Waals surface area contributed by atoms with Gasteiger partial charge in [-0.15, -0.1) is 5.10 Å². The molecule has 0 radical (unpaired) electrons. The summed E-state index contributed by atoms with van der Waals surface area (Å²) in [5, 5.41) is 13.6. The third-order valence-corrected chi connectivity index (χ3v) is 3.94. The van der Waals surface area contributed by atoms with Crippen LogP contribution < -0.4 is 20.1 Å². The van der Waals surface area contributed by atoms with Gasteiger partial charge in [-0.1, -0.05) is 6.07 Å². The second kappa shape index (κ2) is 7.22. The number of aromatic nitrogens is 3. The van der Waals surface area contributed by atoms with Crippen LogP contribution in [0.2, 0.25) is 0 Å². The third-order valence-electron chi connectivity index (χ3n) is 3.94. The zero-order valence-corrected chi connectivity index (χ0v) is 14.3. The summed E-state index contributed by atoms with van der Waals surface area (Å²) in [4.78, 5) is 4.25. The van der Waals surface area contributed by atoms with Crippen molar-refractivity contribution in [3.8, 4) is 11.5 Å². The van der Waals surface area contributed by atoms with E-state index in [1.54, 1.807) is 0 Å². The first-order chi connectivity index (χ1) is 13.5. The highest BCUT2D eigenvalue weighted by molar-refractivity contribution is 5.55. The molecule has 0 saturated carbocycles. The molecule has 3 aromatic rings. The molecule has 0 aliphatic carbocycles. The highest BCUT2D eigenvalue weighted by atomic mass is 19.4.